The van der Waals surface area contributed by atoms with E-state index in [4.69, 9.17) is 9.47 Å². The Labute approximate surface area is 155 Å². The summed E-state index contributed by atoms with van der Waals surface area (Å²) in [5, 5.41) is 13.0. The maximum absolute atomic E-state index is 12.3. The second-order valence-electron chi connectivity index (χ2n) is 5.58. The van der Waals surface area contributed by atoms with Crippen molar-refractivity contribution in [3.8, 4) is 17.2 Å². The van der Waals surface area contributed by atoms with Gasteiger partial charge in [-0.1, -0.05) is 6.07 Å². The monoisotopic (exact) mass is 370 g/mol. The molecule has 1 saturated heterocycles. The van der Waals surface area contributed by atoms with E-state index in [0.717, 1.165) is 11.1 Å². The average Bonchev–Trinajstić information content (AvgIpc) is 2.97. The number of nitrogens with one attached hydrogen (secondary N) is 1. The molecule has 1 heterocycles. The molecule has 1 aliphatic rings. The zero-order valence-corrected chi connectivity index (χ0v) is 15.4. The van der Waals surface area contributed by atoms with Crippen LogP contribution in [0.3, 0.4) is 0 Å². The number of rotatable bonds is 4. The van der Waals surface area contributed by atoms with E-state index in [1.807, 2.05) is 6.92 Å². The van der Waals surface area contributed by atoms with Crippen molar-refractivity contribution in [2.75, 3.05) is 14.2 Å². The minimum atomic E-state index is -0.259. The summed E-state index contributed by atoms with van der Waals surface area (Å²) in [5.74, 6) is 1.10. The highest BCUT2D eigenvalue weighted by molar-refractivity contribution is 8.18. The lowest BCUT2D eigenvalue weighted by atomic mass is 10.1. The van der Waals surface area contributed by atoms with Crippen molar-refractivity contribution < 1.29 is 19.4 Å². The highest BCUT2D eigenvalue weighted by Crippen LogP contribution is 2.34. The molecule has 2 N–H and O–H groups in total. The predicted molar refractivity (Wildman–Crippen MR) is 103 cm³/mol. The fraction of sp³-hybridized carbons (Fsp3) is 0.158. The number of thioether (sulfide) groups is 1. The van der Waals surface area contributed by atoms with Gasteiger partial charge in [0.1, 0.15) is 22.9 Å². The van der Waals surface area contributed by atoms with Crippen LogP contribution in [0.2, 0.25) is 0 Å². The van der Waals surface area contributed by atoms with Crippen LogP contribution in [0.4, 0.5) is 5.69 Å². The van der Waals surface area contributed by atoms with Crippen LogP contribution in [0.15, 0.2) is 46.3 Å². The average molecular weight is 370 g/mol. The van der Waals surface area contributed by atoms with E-state index in [-0.39, 0.29) is 11.7 Å². The summed E-state index contributed by atoms with van der Waals surface area (Å²) in [6, 6.07) is 10.5. The van der Waals surface area contributed by atoms with Gasteiger partial charge in [-0.05, 0) is 60.7 Å². The minimum Gasteiger partial charge on any atom is -0.506 e. The molecule has 2 aromatic carbocycles. The fourth-order valence-electron chi connectivity index (χ4n) is 2.41. The molecule has 26 heavy (non-hydrogen) atoms. The number of benzene rings is 2. The number of aromatic hydroxyl groups is 1. The van der Waals surface area contributed by atoms with E-state index >= 15 is 0 Å². The van der Waals surface area contributed by atoms with Gasteiger partial charge in [0.05, 0.1) is 19.1 Å². The van der Waals surface area contributed by atoms with Crippen molar-refractivity contribution in [2.45, 2.75) is 6.92 Å². The topological polar surface area (TPSA) is 80.2 Å². The Hall–Kier alpha value is -2.93. The third kappa shape index (κ3) is 3.83. The number of hydrogen-bond acceptors (Lipinski definition) is 6. The molecule has 1 fully saturated rings. The second kappa shape index (κ2) is 7.53. The van der Waals surface area contributed by atoms with Gasteiger partial charge in [0.15, 0.2) is 5.17 Å². The Morgan fingerprint density at radius 1 is 1.15 bits per heavy atom. The number of carbonyl (C=O) groups is 1. The quantitative estimate of drug-likeness (QED) is 0.804. The lowest BCUT2D eigenvalue weighted by molar-refractivity contribution is -0.115. The van der Waals surface area contributed by atoms with Crippen molar-refractivity contribution in [3.05, 3.63) is 52.4 Å². The number of methoxy groups -OCH3 is 2. The Morgan fingerprint density at radius 3 is 2.69 bits per heavy atom. The molecule has 3 rings (SSSR count). The molecule has 6 nitrogen and oxygen atoms in total. The van der Waals surface area contributed by atoms with E-state index in [1.54, 1.807) is 56.7 Å². The van der Waals surface area contributed by atoms with Crippen LogP contribution in [0.1, 0.15) is 11.1 Å². The first-order valence-corrected chi connectivity index (χ1v) is 8.63. The molecular weight excluding hydrogens is 352 g/mol. The number of ether oxygens (including phenoxy) is 2. The number of phenols is 1. The van der Waals surface area contributed by atoms with Crippen LogP contribution in [0.5, 0.6) is 17.2 Å². The van der Waals surface area contributed by atoms with Crippen molar-refractivity contribution in [1.29, 1.82) is 0 Å². The maximum atomic E-state index is 12.3. The summed E-state index contributed by atoms with van der Waals surface area (Å²) in [7, 11) is 3.15. The summed E-state index contributed by atoms with van der Waals surface area (Å²) in [5.41, 5.74) is 2.10. The molecule has 0 radical (unpaired) electrons. The van der Waals surface area contributed by atoms with E-state index in [9.17, 15) is 9.90 Å². The molecule has 1 amide bonds. The van der Waals surface area contributed by atoms with Gasteiger partial charge in [-0.3, -0.25) is 4.79 Å². The summed E-state index contributed by atoms with van der Waals surface area (Å²) >= 11 is 1.20. The van der Waals surface area contributed by atoms with Crippen LogP contribution in [-0.4, -0.2) is 30.4 Å². The van der Waals surface area contributed by atoms with E-state index in [0.29, 0.717) is 27.3 Å². The summed E-state index contributed by atoms with van der Waals surface area (Å²) in [6.07, 6.45) is 1.72. The van der Waals surface area contributed by atoms with Crippen molar-refractivity contribution in [3.63, 3.8) is 0 Å². The molecule has 0 aromatic heterocycles. The normalized spacial score (nSPS) is 16.8. The highest BCUT2D eigenvalue weighted by Gasteiger charge is 2.24. The number of amides is 1. The van der Waals surface area contributed by atoms with Gasteiger partial charge >= 0.3 is 0 Å². The maximum Gasteiger partial charge on any atom is 0.264 e. The van der Waals surface area contributed by atoms with Gasteiger partial charge in [-0.2, -0.15) is 0 Å². The third-order valence-corrected chi connectivity index (χ3v) is 4.64. The molecular formula is C19H18N2O4S. The number of aliphatic imine (C=N–C) groups is 1. The third-order valence-electron chi connectivity index (χ3n) is 3.73. The van der Waals surface area contributed by atoms with Crippen molar-refractivity contribution in [2.24, 2.45) is 4.99 Å². The highest BCUT2D eigenvalue weighted by atomic mass is 32.2. The summed E-state index contributed by atoms with van der Waals surface area (Å²) < 4.78 is 10.6. The van der Waals surface area contributed by atoms with Crippen molar-refractivity contribution >= 4 is 34.6 Å². The van der Waals surface area contributed by atoms with Gasteiger partial charge in [-0.15, -0.1) is 0 Å². The Kier molecular flexibility index (Phi) is 5.18. The molecule has 0 atom stereocenters. The number of carbonyl (C=O) groups excluding carboxylic acids is 1. The van der Waals surface area contributed by atoms with Crippen LogP contribution in [0.25, 0.3) is 6.08 Å². The minimum absolute atomic E-state index is 0.0600. The lowest BCUT2D eigenvalue weighted by Crippen LogP contribution is -2.19. The van der Waals surface area contributed by atoms with Crippen molar-refractivity contribution in [1.82, 2.24) is 5.32 Å². The number of hydrogen-bond donors (Lipinski definition) is 2. The van der Waals surface area contributed by atoms with Crippen LogP contribution >= 0.6 is 11.8 Å². The first-order chi connectivity index (χ1) is 12.5. The zero-order chi connectivity index (χ0) is 18.7. The smallest absolute Gasteiger partial charge is 0.264 e. The first-order valence-electron chi connectivity index (χ1n) is 7.81. The van der Waals surface area contributed by atoms with Gasteiger partial charge in [0.2, 0.25) is 0 Å². The standard InChI is InChI=1S/C19H18N2O4S/c1-11-4-6-15(22)14(8-11)20-19-21-18(23)17(26-19)10-12-9-13(24-2)5-7-16(12)25-3/h4-10,22H,1-3H3,(H,20,21,23)/b17-10-. The molecule has 0 aliphatic carbocycles. The summed E-state index contributed by atoms with van der Waals surface area (Å²) in [4.78, 5) is 17.1. The summed E-state index contributed by atoms with van der Waals surface area (Å²) in [6.45, 7) is 1.91. The number of amidine groups is 1. The fourth-order valence-corrected chi connectivity index (χ4v) is 3.23. The van der Waals surface area contributed by atoms with E-state index in [1.165, 1.54) is 11.8 Å². The number of phenolic OH excluding ortho intramolecular Hbond substituents is 1. The SMILES string of the molecule is COc1ccc(OC)c(/C=C2\SC(=Nc3cc(C)ccc3O)NC2=O)c1. The Bertz CT molecular complexity index is 922. The molecule has 0 spiro atoms. The zero-order valence-electron chi connectivity index (χ0n) is 14.6. The molecule has 134 valence electrons. The van der Waals surface area contributed by atoms with Gasteiger partial charge in [0, 0.05) is 5.56 Å². The Morgan fingerprint density at radius 2 is 1.96 bits per heavy atom. The van der Waals surface area contributed by atoms with Crippen LogP contribution in [-0.2, 0) is 4.79 Å². The molecule has 0 bridgehead atoms. The first kappa shape index (κ1) is 17.9. The van der Waals surface area contributed by atoms with E-state index in [2.05, 4.69) is 10.3 Å². The van der Waals surface area contributed by atoms with Crippen LogP contribution < -0.4 is 14.8 Å². The molecule has 0 saturated carbocycles. The molecule has 2 aromatic rings. The van der Waals surface area contributed by atoms with Crippen LogP contribution in [0, 0.1) is 6.92 Å². The predicted octanol–water partition coefficient (Wildman–Crippen LogP) is 3.61. The number of aryl methyl sites for hydroxylation is 1. The molecule has 1 aliphatic heterocycles. The van der Waals surface area contributed by atoms with Gasteiger partial charge < -0.3 is 19.9 Å². The second-order valence-corrected chi connectivity index (χ2v) is 6.61. The molecule has 0 unspecified atom stereocenters. The molecule has 7 heteroatoms. The Balaban J connectivity index is 1.92. The van der Waals surface area contributed by atoms with E-state index < -0.39 is 0 Å². The number of nitrogens with zero attached hydrogens (tertiary/aromatic N) is 1. The lowest BCUT2D eigenvalue weighted by Gasteiger charge is -2.07. The van der Waals surface area contributed by atoms with Gasteiger partial charge in [0.25, 0.3) is 5.91 Å². The largest absolute Gasteiger partial charge is 0.506 e. The van der Waals surface area contributed by atoms with Gasteiger partial charge in [-0.25, -0.2) is 4.99 Å².